The van der Waals surface area contributed by atoms with Gasteiger partial charge in [-0.2, -0.15) is 0 Å². The summed E-state index contributed by atoms with van der Waals surface area (Å²) in [6, 6.07) is 57.3. The minimum absolute atomic E-state index is 0.0597. The van der Waals surface area contributed by atoms with Crippen LogP contribution < -0.4 is 10.6 Å². The van der Waals surface area contributed by atoms with E-state index in [4.69, 9.17) is 4.99 Å². The van der Waals surface area contributed by atoms with Crippen molar-refractivity contribution in [2.45, 2.75) is 12.3 Å². The molecule has 43 heavy (non-hydrogen) atoms. The molecule has 2 heterocycles. The fraction of sp³-hybridized carbons (Fsp3) is 0.0513. The van der Waals surface area contributed by atoms with Gasteiger partial charge in [-0.25, -0.2) is 4.99 Å². The molecule has 2 atom stereocenters. The van der Waals surface area contributed by atoms with Crippen molar-refractivity contribution in [2.24, 2.45) is 4.99 Å². The predicted molar refractivity (Wildman–Crippen MR) is 175 cm³/mol. The molecule has 1 aromatic heterocycles. The molecule has 4 nitrogen and oxygen atoms in total. The van der Waals surface area contributed by atoms with Crippen LogP contribution in [-0.2, 0) is 0 Å². The van der Waals surface area contributed by atoms with E-state index >= 15 is 0 Å². The molecule has 1 aliphatic rings. The van der Waals surface area contributed by atoms with Crippen molar-refractivity contribution in [1.82, 2.24) is 15.2 Å². The summed E-state index contributed by atoms with van der Waals surface area (Å²) in [7, 11) is 0. The maximum absolute atomic E-state index is 5.09. The first-order chi connectivity index (χ1) is 21.3. The van der Waals surface area contributed by atoms with Gasteiger partial charge in [-0.15, -0.1) is 0 Å². The summed E-state index contributed by atoms with van der Waals surface area (Å²) in [5.41, 5.74) is 8.96. The maximum Gasteiger partial charge on any atom is 0.131 e. The summed E-state index contributed by atoms with van der Waals surface area (Å²) in [5, 5.41) is 9.70. The lowest BCUT2D eigenvalue weighted by Gasteiger charge is -2.32. The van der Waals surface area contributed by atoms with Crippen LogP contribution in [0.5, 0.6) is 0 Å². The van der Waals surface area contributed by atoms with Crippen LogP contribution in [0.1, 0.15) is 29.0 Å². The second kappa shape index (κ2) is 10.6. The third-order valence-corrected chi connectivity index (χ3v) is 8.15. The molecule has 204 valence electrons. The topological polar surface area (TPSA) is 41.4 Å². The van der Waals surface area contributed by atoms with Crippen LogP contribution in [0.2, 0.25) is 0 Å². The smallest absolute Gasteiger partial charge is 0.131 e. The van der Waals surface area contributed by atoms with Crippen molar-refractivity contribution >= 4 is 27.6 Å². The number of benzene rings is 5. The molecule has 0 bridgehead atoms. The second-order valence-corrected chi connectivity index (χ2v) is 10.8. The molecular weight excluding hydrogens is 524 g/mol. The van der Waals surface area contributed by atoms with Gasteiger partial charge < -0.3 is 9.88 Å². The zero-order valence-corrected chi connectivity index (χ0v) is 23.4. The molecule has 0 fully saturated rings. The number of aliphatic imine (C=N–C) groups is 1. The van der Waals surface area contributed by atoms with Crippen LogP contribution in [0.3, 0.4) is 0 Å². The number of nitrogens with one attached hydrogen (secondary N) is 2. The molecule has 1 aliphatic heterocycles. The average Bonchev–Trinajstić information content (AvgIpc) is 3.43. The Morgan fingerprint density at radius 1 is 0.605 bits per heavy atom. The molecule has 0 saturated carbocycles. The molecule has 0 saturated heterocycles. The van der Waals surface area contributed by atoms with E-state index in [0.29, 0.717) is 0 Å². The third kappa shape index (κ3) is 4.63. The van der Waals surface area contributed by atoms with E-state index < -0.39 is 0 Å². The van der Waals surface area contributed by atoms with Crippen LogP contribution in [-0.4, -0.2) is 10.4 Å². The first kappa shape index (κ1) is 25.1. The summed E-state index contributed by atoms with van der Waals surface area (Å²) >= 11 is 0. The van der Waals surface area contributed by atoms with E-state index in [1.54, 1.807) is 0 Å². The zero-order chi connectivity index (χ0) is 28.6. The lowest BCUT2D eigenvalue weighted by molar-refractivity contribution is 0.409. The number of hydrogen-bond donors (Lipinski definition) is 2. The highest BCUT2D eigenvalue weighted by molar-refractivity contribution is 6.08. The normalized spacial score (nSPS) is 16.4. The number of fused-ring (bicyclic) bond motifs is 3. The van der Waals surface area contributed by atoms with Crippen molar-refractivity contribution < 1.29 is 0 Å². The highest BCUT2D eigenvalue weighted by atomic mass is 15.3. The van der Waals surface area contributed by atoms with Crippen molar-refractivity contribution in [2.75, 3.05) is 0 Å². The van der Waals surface area contributed by atoms with Gasteiger partial charge in [-0.05, 0) is 58.7 Å². The Balaban J connectivity index is 1.15. The quantitative estimate of drug-likeness (QED) is 0.225. The van der Waals surface area contributed by atoms with Gasteiger partial charge in [-0.1, -0.05) is 121 Å². The average molecular weight is 553 g/mol. The summed E-state index contributed by atoms with van der Waals surface area (Å²) in [6.07, 6.45) is -0.213. The van der Waals surface area contributed by atoms with Gasteiger partial charge in [0.15, 0.2) is 0 Å². The van der Waals surface area contributed by atoms with Crippen molar-refractivity contribution in [1.29, 1.82) is 0 Å². The Kier molecular flexibility index (Phi) is 6.22. The summed E-state index contributed by atoms with van der Waals surface area (Å²) in [4.78, 5) is 5.09. The number of amidine groups is 1. The van der Waals surface area contributed by atoms with Crippen LogP contribution in [0.4, 0.5) is 0 Å². The number of nitrogens with zero attached hydrogens (tertiary/aromatic N) is 2. The molecule has 0 aliphatic carbocycles. The summed E-state index contributed by atoms with van der Waals surface area (Å²) in [5.74, 6) is 0.874. The monoisotopic (exact) mass is 552 g/mol. The van der Waals surface area contributed by atoms with Crippen LogP contribution in [0.25, 0.3) is 38.6 Å². The number of aromatic nitrogens is 1. The number of rotatable bonds is 5. The van der Waals surface area contributed by atoms with E-state index in [0.717, 1.165) is 44.8 Å². The van der Waals surface area contributed by atoms with Gasteiger partial charge in [-0.3, -0.25) is 5.32 Å². The molecule has 4 heteroatoms. The Bertz CT molecular complexity index is 2020. The third-order valence-electron chi connectivity index (χ3n) is 8.15. The fourth-order valence-electron chi connectivity index (χ4n) is 6.03. The molecule has 8 rings (SSSR count). The Labute approximate surface area is 251 Å². The van der Waals surface area contributed by atoms with Crippen molar-refractivity contribution in [3.05, 3.63) is 174 Å². The lowest BCUT2D eigenvalue weighted by atomic mass is 10.0. The van der Waals surface area contributed by atoms with Gasteiger partial charge in [0.1, 0.15) is 23.7 Å². The summed E-state index contributed by atoms with van der Waals surface area (Å²) < 4.78 is 2.28. The van der Waals surface area contributed by atoms with Crippen LogP contribution in [0.15, 0.2) is 151 Å². The Morgan fingerprint density at radius 3 is 2.14 bits per heavy atom. The lowest BCUT2D eigenvalue weighted by Crippen LogP contribution is -2.44. The van der Waals surface area contributed by atoms with E-state index in [1.807, 2.05) is 18.2 Å². The van der Waals surface area contributed by atoms with Crippen LogP contribution >= 0.6 is 0 Å². The standard InChI is InChI=1S/C39H28N4/c1-3-12-28(13-4-1)37-40-38(29-14-5-2-6-15-29)42-39(41-37)30-24-22-27(23-25-30)31-16-11-17-32(26-31)43-35-20-9-7-18-33(35)34-19-8-10-21-36(34)43/h1-9,11-20,22-26,37-38,40H,(H,41,42). The minimum Gasteiger partial charge on any atom is -0.350 e. The maximum atomic E-state index is 5.09. The summed E-state index contributed by atoms with van der Waals surface area (Å²) in [6.45, 7) is 0. The van der Waals surface area contributed by atoms with Gasteiger partial charge in [0.2, 0.25) is 0 Å². The molecule has 0 spiro atoms. The Hall–Kier alpha value is -5.63. The predicted octanol–water partition coefficient (Wildman–Crippen LogP) is 8.39. The molecule has 2 unspecified atom stereocenters. The zero-order valence-electron chi connectivity index (χ0n) is 23.4. The molecular formula is C39H28N4. The minimum atomic E-state index is -0.153. The first-order valence-electron chi connectivity index (χ1n) is 14.5. The molecule has 2 N–H and O–H groups in total. The van der Waals surface area contributed by atoms with E-state index in [1.165, 1.54) is 16.3 Å². The molecule has 6 aromatic carbocycles. The van der Waals surface area contributed by atoms with Crippen LogP contribution in [0, 0.1) is 12.1 Å². The van der Waals surface area contributed by atoms with Gasteiger partial charge in [0.05, 0.1) is 5.52 Å². The van der Waals surface area contributed by atoms with Gasteiger partial charge in [0.25, 0.3) is 0 Å². The van der Waals surface area contributed by atoms with Crippen molar-refractivity contribution in [3.8, 4) is 16.8 Å². The highest BCUT2D eigenvalue weighted by Crippen LogP contribution is 2.32. The fourth-order valence-corrected chi connectivity index (χ4v) is 6.03. The van der Waals surface area contributed by atoms with Crippen molar-refractivity contribution in [3.63, 3.8) is 0 Å². The SMILES string of the molecule is c1ccc2c3ccccc3n(-c3cccc(-c4ccc(C5=NC(c6ccccc6)NC(c6ccccc6)N5)cc4)c3)c2c#1. The van der Waals surface area contributed by atoms with E-state index in [9.17, 15) is 0 Å². The number of hydrogen-bond acceptors (Lipinski definition) is 3. The largest absolute Gasteiger partial charge is 0.350 e. The second-order valence-electron chi connectivity index (χ2n) is 10.8. The van der Waals surface area contributed by atoms with E-state index in [2.05, 4.69) is 155 Å². The molecule has 0 radical (unpaired) electrons. The van der Waals surface area contributed by atoms with Gasteiger partial charge >= 0.3 is 0 Å². The molecule has 0 amide bonds. The Morgan fingerprint density at radius 2 is 1.33 bits per heavy atom. The first-order valence-corrected chi connectivity index (χ1v) is 14.5. The molecule has 7 aromatic rings. The number of para-hydroxylation sites is 1. The van der Waals surface area contributed by atoms with E-state index in [-0.39, 0.29) is 12.3 Å². The van der Waals surface area contributed by atoms with Gasteiger partial charge in [0, 0.05) is 22.0 Å². The highest BCUT2D eigenvalue weighted by Gasteiger charge is 2.25.